The monoisotopic (exact) mass is 522 g/mol. The Morgan fingerprint density at radius 1 is 1.08 bits per heavy atom. The predicted octanol–water partition coefficient (Wildman–Crippen LogP) is 3.45. The number of nitrogens with one attached hydrogen (secondary N) is 2. The number of aromatic nitrogens is 1. The van der Waals surface area contributed by atoms with Crippen LogP contribution < -0.4 is 16.4 Å². The Labute approximate surface area is 221 Å². The summed E-state index contributed by atoms with van der Waals surface area (Å²) < 4.78 is 5.43. The lowest BCUT2D eigenvalue weighted by Crippen LogP contribution is -2.42. The lowest BCUT2D eigenvalue weighted by atomic mass is 10.1. The number of anilines is 2. The van der Waals surface area contributed by atoms with E-state index in [2.05, 4.69) is 32.7 Å². The van der Waals surface area contributed by atoms with E-state index in [9.17, 15) is 9.59 Å². The Morgan fingerprint density at radius 3 is 2.59 bits per heavy atom. The van der Waals surface area contributed by atoms with Crippen LogP contribution >= 0.6 is 11.3 Å². The molecule has 37 heavy (non-hydrogen) atoms. The van der Waals surface area contributed by atoms with Gasteiger partial charge in [0, 0.05) is 56.2 Å². The number of hydrogen-bond donors (Lipinski definition) is 3. The Hall–Kier alpha value is -3.47. The maximum Gasteiger partial charge on any atom is 0.317 e. The molecule has 9 nitrogen and oxygen atoms in total. The smallest absolute Gasteiger partial charge is 0.317 e. The first-order valence-corrected chi connectivity index (χ1v) is 13.5. The zero-order valence-corrected chi connectivity index (χ0v) is 21.7. The average Bonchev–Trinajstić information content (AvgIpc) is 3.33. The van der Waals surface area contributed by atoms with Gasteiger partial charge in [0.15, 0.2) is 0 Å². The summed E-state index contributed by atoms with van der Waals surface area (Å²) in [5, 5.41) is 9.39. The number of thiophene rings is 1. The van der Waals surface area contributed by atoms with Gasteiger partial charge in [-0.05, 0) is 30.0 Å². The molecule has 1 aliphatic rings. The molecule has 0 unspecified atom stereocenters. The molecule has 0 saturated carbocycles. The summed E-state index contributed by atoms with van der Waals surface area (Å²) in [5.74, 6) is -0.322. The number of nitrogens with two attached hydrogens (primary N) is 1. The Balaban J connectivity index is 1.33. The number of pyridine rings is 1. The summed E-state index contributed by atoms with van der Waals surface area (Å²) in [4.78, 5) is 34.1. The molecule has 4 rings (SSSR count). The lowest BCUT2D eigenvalue weighted by Gasteiger charge is -2.28. The highest BCUT2D eigenvalue weighted by molar-refractivity contribution is 7.09. The van der Waals surface area contributed by atoms with Crippen LogP contribution in [0, 0.1) is 0 Å². The van der Waals surface area contributed by atoms with Crippen LogP contribution in [0.4, 0.5) is 16.2 Å². The largest absolute Gasteiger partial charge is 0.396 e. The number of carbonyl (C=O) groups is 2. The number of rotatable bonds is 11. The number of hydrogen-bond acceptors (Lipinski definition) is 7. The molecule has 196 valence electrons. The fraction of sp³-hybridized carbons (Fsp3) is 0.370. The highest BCUT2D eigenvalue weighted by Gasteiger charge is 2.17. The molecule has 1 aromatic carbocycles. The van der Waals surface area contributed by atoms with Crippen molar-refractivity contribution in [2.45, 2.75) is 19.4 Å². The minimum Gasteiger partial charge on any atom is -0.396 e. The molecule has 1 saturated heterocycles. The van der Waals surface area contributed by atoms with Gasteiger partial charge in [-0.15, -0.1) is 11.3 Å². The Kier molecular flexibility index (Phi) is 9.87. The fourth-order valence-corrected chi connectivity index (χ4v) is 4.77. The molecule has 3 amide bonds. The number of morpholine rings is 1. The highest BCUT2D eigenvalue weighted by atomic mass is 32.1. The van der Waals surface area contributed by atoms with Crippen LogP contribution in [-0.2, 0) is 17.7 Å². The van der Waals surface area contributed by atoms with Gasteiger partial charge in [-0.1, -0.05) is 36.4 Å². The second-order valence-electron chi connectivity index (χ2n) is 8.94. The number of ether oxygens (including phenoxy) is 1. The third-order valence-corrected chi connectivity index (χ3v) is 6.96. The van der Waals surface area contributed by atoms with Crippen LogP contribution in [0.25, 0.3) is 0 Å². The van der Waals surface area contributed by atoms with E-state index < -0.39 is 0 Å². The third-order valence-electron chi connectivity index (χ3n) is 6.20. The average molecular weight is 523 g/mol. The SMILES string of the molecule is Nc1cscc1NC(=O)c1ccc(CN(CCCN2CCOCC2)C(=O)NCCc2ccccc2)cn1. The molecule has 3 aromatic rings. The number of urea groups is 1. The number of carbonyl (C=O) groups excluding carboxylic acids is 2. The number of nitrogens with zero attached hydrogens (tertiary/aromatic N) is 3. The molecule has 1 aliphatic heterocycles. The van der Waals surface area contributed by atoms with Crippen molar-refractivity contribution in [1.82, 2.24) is 20.1 Å². The first-order valence-electron chi connectivity index (χ1n) is 12.5. The topological polar surface area (TPSA) is 113 Å². The zero-order valence-electron chi connectivity index (χ0n) is 20.9. The van der Waals surface area contributed by atoms with Gasteiger partial charge in [0.1, 0.15) is 5.69 Å². The molecule has 0 atom stereocenters. The van der Waals surface area contributed by atoms with Gasteiger partial charge >= 0.3 is 6.03 Å². The molecule has 0 spiro atoms. The first kappa shape index (κ1) is 26.6. The summed E-state index contributed by atoms with van der Waals surface area (Å²) in [6.45, 7) is 5.87. The van der Waals surface area contributed by atoms with Gasteiger partial charge in [0.2, 0.25) is 0 Å². The van der Waals surface area contributed by atoms with Crippen LogP contribution in [0.15, 0.2) is 59.4 Å². The summed E-state index contributed by atoms with van der Waals surface area (Å²) in [6, 6.07) is 13.5. The van der Waals surface area contributed by atoms with Gasteiger partial charge in [-0.3, -0.25) is 14.7 Å². The van der Waals surface area contributed by atoms with Crippen LogP contribution in [0.1, 0.15) is 28.0 Å². The van der Waals surface area contributed by atoms with Crippen molar-refractivity contribution in [2.24, 2.45) is 0 Å². The van der Waals surface area contributed by atoms with Crippen molar-refractivity contribution in [3.05, 3.63) is 76.2 Å². The summed E-state index contributed by atoms with van der Waals surface area (Å²) in [6.07, 6.45) is 3.29. The van der Waals surface area contributed by atoms with Crippen molar-refractivity contribution < 1.29 is 14.3 Å². The van der Waals surface area contributed by atoms with Crippen LogP contribution in [0.2, 0.25) is 0 Å². The van der Waals surface area contributed by atoms with E-state index >= 15 is 0 Å². The minimum absolute atomic E-state index is 0.104. The molecular formula is C27H34N6O3S. The van der Waals surface area contributed by atoms with Crippen molar-refractivity contribution in [2.75, 3.05) is 57.0 Å². The second-order valence-corrected chi connectivity index (χ2v) is 9.69. The van der Waals surface area contributed by atoms with Gasteiger partial charge in [0.25, 0.3) is 5.91 Å². The normalized spacial score (nSPS) is 13.7. The first-order chi connectivity index (χ1) is 18.1. The predicted molar refractivity (Wildman–Crippen MR) is 147 cm³/mol. The summed E-state index contributed by atoms with van der Waals surface area (Å²) in [5.41, 5.74) is 9.30. The van der Waals surface area contributed by atoms with Crippen LogP contribution in [0.3, 0.4) is 0 Å². The second kappa shape index (κ2) is 13.7. The van der Waals surface area contributed by atoms with E-state index in [1.807, 2.05) is 29.2 Å². The van der Waals surface area contributed by atoms with Gasteiger partial charge in [0.05, 0.1) is 24.6 Å². The third kappa shape index (κ3) is 8.28. The number of nitrogen functional groups attached to an aromatic ring is 1. The molecule has 2 aromatic heterocycles. The maximum atomic E-state index is 13.1. The Bertz CT molecular complexity index is 1130. The highest BCUT2D eigenvalue weighted by Crippen LogP contribution is 2.23. The summed E-state index contributed by atoms with van der Waals surface area (Å²) >= 11 is 1.42. The van der Waals surface area contributed by atoms with Crippen LogP contribution in [-0.4, -0.2) is 72.7 Å². The van der Waals surface area contributed by atoms with Crippen molar-refractivity contribution >= 4 is 34.6 Å². The van der Waals surface area contributed by atoms with Crippen molar-refractivity contribution in [3.8, 4) is 0 Å². The van der Waals surface area contributed by atoms with E-state index in [-0.39, 0.29) is 11.9 Å². The zero-order chi connectivity index (χ0) is 25.9. The van der Waals surface area contributed by atoms with Gasteiger partial charge in [-0.25, -0.2) is 4.79 Å². The van der Waals surface area contributed by atoms with Crippen LogP contribution in [0.5, 0.6) is 0 Å². The fourth-order valence-electron chi connectivity index (χ4n) is 4.10. The molecule has 0 bridgehead atoms. The molecule has 0 radical (unpaired) electrons. The molecule has 1 fully saturated rings. The minimum atomic E-state index is -0.322. The molecule has 3 heterocycles. The summed E-state index contributed by atoms with van der Waals surface area (Å²) in [7, 11) is 0. The molecule has 0 aliphatic carbocycles. The van der Waals surface area contributed by atoms with Crippen molar-refractivity contribution in [3.63, 3.8) is 0 Å². The van der Waals surface area contributed by atoms with E-state index in [1.165, 1.54) is 16.9 Å². The quantitative estimate of drug-likeness (QED) is 0.356. The van der Waals surface area contributed by atoms with E-state index in [1.54, 1.807) is 23.0 Å². The molecule has 10 heteroatoms. The number of amides is 3. The maximum absolute atomic E-state index is 13.1. The van der Waals surface area contributed by atoms with Crippen molar-refractivity contribution in [1.29, 1.82) is 0 Å². The standard InChI is InChI=1S/C27H34N6O3S/c28-23-19-37-20-25(23)31-26(34)24-8-7-22(17-30-24)18-33(12-4-11-32-13-15-36-16-14-32)27(35)29-10-9-21-5-2-1-3-6-21/h1-3,5-8,17,19-20H,4,9-16,18,28H2,(H,29,35)(H,31,34). The van der Waals surface area contributed by atoms with E-state index in [0.29, 0.717) is 36.7 Å². The molecular weight excluding hydrogens is 488 g/mol. The van der Waals surface area contributed by atoms with Gasteiger partial charge in [-0.2, -0.15) is 0 Å². The number of benzene rings is 1. The lowest BCUT2D eigenvalue weighted by molar-refractivity contribution is 0.0364. The van der Waals surface area contributed by atoms with E-state index in [0.717, 1.165) is 51.3 Å². The van der Waals surface area contributed by atoms with E-state index in [4.69, 9.17) is 10.5 Å². The Morgan fingerprint density at radius 2 is 1.89 bits per heavy atom. The van der Waals surface area contributed by atoms with Gasteiger partial charge < -0.3 is 26.0 Å². The molecule has 4 N–H and O–H groups in total.